The summed E-state index contributed by atoms with van der Waals surface area (Å²) in [5.41, 5.74) is 1.02. The zero-order valence-electron chi connectivity index (χ0n) is 13.3. The number of amides is 1. The SMILES string of the molecule is COC(=O)c1ccc2c(c1)C[C@@H](CNC(=O)c1ccc(F)cc1F)O2. The topological polar surface area (TPSA) is 64.6 Å². The summed E-state index contributed by atoms with van der Waals surface area (Å²) >= 11 is 0. The van der Waals surface area contributed by atoms with Crippen molar-refractivity contribution >= 4 is 11.9 Å². The van der Waals surface area contributed by atoms with Crippen LogP contribution in [0.1, 0.15) is 26.3 Å². The molecular weight excluding hydrogens is 332 g/mol. The molecule has 0 unspecified atom stereocenters. The summed E-state index contributed by atoms with van der Waals surface area (Å²) in [5, 5.41) is 2.57. The number of ether oxygens (including phenoxy) is 2. The highest BCUT2D eigenvalue weighted by atomic mass is 19.1. The van der Waals surface area contributed by atoms with E-state index < -0.39 is 23.5 Å². The van der Waals surface area contributed by atoms with Gasteiger partial charge in [-0.1, -0.05) is 0 Å². The predicted molar refractivity (Wildman–Crippen MR) is 84.6 cm³/mol. The first kappa shape index (κ1) is 16.9. The lowest BCUT2D eigenvalue weighted by Gasteiger charge is -2.12. The molecular formula is C18H15F2NO4. The van der Waals surface area contributed by atoms with E-state index in [1.165, 1.54) is 7.11 Å². The molecule has 1 aliphatic rings. The molecule has 1 N–H and O–H groups in total. The number of hydrogen-bond donors (Lipinski definition) is 1. The van der Waals surface area contributed by atoms with Gasteiger partial charge in [-0.15, -0.1) is 0 Å². The van der Waals surface area contributed by atoms with Gasteiger partial charge in [-0.05, 0) is 35.9 Å². The molecule has 1 aliphatic heterocycles. The molecule has 0 saturated carbocycles. The molecule has 0 radical (unpaired) electrons. The third-order valence-electron chi connectivity index (χ3n) is 3.89. The average molecular weight is 347 g/mol. The van der Waals surface area contributed by atoms with E-state index in [0.29, 0.717) is 23.8 Å². The van der Waals surface area contributed by atoms with E-state index in [9.17, 15) is 18.4 Å². The summed E-state index contributed by atoms with van der Waals surface area (Å²) in [6, 6.07) is 7.72. The number of hydrogen-bond acceptors (Lipinski definition) is 4. The number of fused-ring (bicyclic) bond motifs is 1. The number of rotatable bonds is 4. The highest BCUT2D eigenvalue weighted by molar-refractivity contribution is 5.94. The van der Waals surface area contributed by atoms with E-state index in [2.05, 4.69) is 10.1 Å². The fourth-order valence-corrected chi connectivity index (χ4v) is 2.65. The van der Waals surface area contributed by atoms with Crippen molar-refractivity contribution in [3.8, 4) is 5.75 Å². The second-order valence-electron chi connectivity index (χ2n) is 5.59. The molecule has 0 saturated heterocycles. The van der Waals surface area contributed by atoms with Crippen LogP contribution in [0.4, 0.5) is 8.78 Å². The fourth-order valence-electron chi connectivity index (χ4n) is 2.65. The van der Waals surface area contributed by atoms with Gasteiger partial charge >= 0.3 is 5.97 Å². The van der Waals surface area contributed by atoms with Crippen LogP contribution in [0.3, 0.4) is 0 Å². The van der Waals surface area contributed by atoms with Crippen LogP contribution in [0.2, 0.25) is 0 Å². The minimum absolute atomic E-state index is 0.151. The van der Waals surface area contributed by atoms with Gasteiger partial charge in [-0.2, -0.15) is 0 Å². The molecule has 2 aromatic carbocycles. The van der Waals surface area contributed by atoms with Crippen LogP contribution in [0.15, 0.2) is 36.4 Å². The van der Waals surface area contributed by atoms with Gasteiger partial charge < -0.3 is 14.8 Å². The molecule has 0 aromatic heterocycles. The van der Waals surface area contributed by atoms with Gasteiger partial charge in [0.15, 0.2) is 0 Å². The van der Waals surface area contributed by atoms with E-state index in [0.717, 1.165) is 17.7 Å². The smallest absolute Gasteiger partial charge is 0.337 e. The van der Waals surface area contributed by atoms with Crippen molar-refractivity contribution in [3.63, 3.8) is 0 Å². The van der Waals surface area contributed by atoms with E-state index >= 15 is 0 Å². The molecule has 1 atom stereocenters. The predicted octanol–water partition coefficient (Wildman–Crippen LogP) is 2.48. The summed E-state index contributed by atoms with van der Waals surface area (Å²) in [6.07, 6.45) is 0.155. The van der Waals surface area contributed by atoms with Gasteiger partial charge in [0.1, 0.15) is 23.5 Å². The summed E-state index contributed by atoms with van der Waals surface area (Å²) in [4.78, 5) is 23.5. The van der Waals surface area contributed by atoms with E-state index in [1.807, 2.05) is 0 Å². The van der Waals surface area contributed by atoms with Gasteiger partial charge in [0, 0.05) is 12.5 Å². The number of carbonyl (C=O) groups is 2. The first-order chi connectivity index (χ1) is 12.0. The van der Waals surface area contributed by atoms with Gasteiger partial charge in [0.05, 0.1) is 24.8 Å². The number of carbonyl (C=O) groups excluding carboxylic acids is 2. The molecule has 130 valence electrons. The normalized spacial score (nSPS) is 15.2. The molecule has 2 aromatic rings. The van der Waals surface area contributed by atoms with Crippen molar-refractivity contribution in [2.75, 3.05) is 13.7 Å². The fraction of sp³-hybridized carbons (Fsp3) is 0.222. The van der Waals surface area contributed by atoms with Crippen molar-refractivity contribution in [3.05, 3.63) is 64.7 Å². The van der Waals surface area contributed by atoms with Crippen LogP contribution in [0.25, 0.3) is 0 Å². The molecule has 0 spiro atoms. The summed E-state index contributed by atoms with van der Waals surface area (Å²) < 4.78 is 36.8. The molecule has 0 aliphatic carbocycles. The Morgan fingerprint density at radius 2 is 2.04 bits per heavy atom. The standard InChI is InChI=1S/C18H15F2NO4/c1-24-18(23)10-2-5-16-11(6-10)7-13(25-16)9-21-17(22)14-4-3-12(19)8-15(14)20/h2-6,8,13H,7,9H2,1H3,(H,21,22)/t13-/m0/s1. The van der Waals surface area contributed by atoms with Crippen LogP contribution in [0.5, 0.6) is 5.75 Å². The van der Waals surface area contributed by atoms with E-state index in [4.69, 9.17) is 4.74 Å². The highest BCUT2D eigenvalue weighted by Gasteiger charge is 2.25. The maximum absolute atomic E-state index is 13.6. The maximum atomic E-state index is 13.6. The Morgan fingerprint density at radius 1 is 1.24 bits per heavy atom. The first-order valence-electron chi connectivity index (χ1n) is 7.59. The van der Waals surface area contributed by atoms with Crippen LogP contribution in [-0.2, 0) is 11.2 Å². The zero-order valence-corrected chi connectivity index (χ0v) is 13.3. The number of benzene rings is 2. The second kappa shape index (κ2) is 6.88. The maximum Gasteiger partial charge on any atom is 0.337 e. The van der Waals surface area contributed by atoms with Gasteiger partial charge in [-0.25, -0.2) is 13.6 Å². The quantitative estimate of drug-likeness (QED) is 0.863. The van der Waals surface area contributed by atoms with Gasteiger partial charge in [0.2, 0.25) is 0 Å². The molecule has 0 fully saturated rings. The van der Waals surface area contributed by atoms with Crippen molar-refractivity contribution in [1.82, 2.24) is 5.32 Å². The lowest BCUT2D eigenvalue weighted by molar-refractivity contribution is 0.0600. The van der Waals surface area contributed by atoms with Crippen molar-refractivity contribution in [1.29, 1.82) is 0 Å². The number of halogens is 2. The third kappa shape index (κ3) is 3.60. The van der Waals surface area contributed by atoms with Crippen LogP contribution < -0.4 is 10.1 Å². The Morgan fingerprint density at radius 3 is 2.76 bits per heavy atom. The molecule has 1 amide bonds. The summed E-state index contributed by atoms with van der Waals surface area (Å²) in [5.74, 6) is -2.13. The zero-order chi connectivity index (χ0) is 18.0. The molecule has 3 rings (SSSR count). The first-order valence-corrected chi connectivity index (χ1v) is 7.59. The average Bonchev–Trinajstić information content (AvgIpc) is 3.01. The minimum atomic E-state index is -0.921. The number of esters is 1. The largest absolute Gasteiger partial charge is 0.488 e. The van der Waals surface area contributed by atoms with Crippen LogP contribution in [0, 0.1) is 11.6 Å². The summed E-state index contributed by atoms with van der Waals surface area (Å²) in [6.45, 7) is 0.151. The molecule has 1 heterocycles. The Bertz CT molecular complexity index is 838. The molecule has 25 heavy (non-hydrogen) atoms. The highest BCUT2D eigenvalue weighted by Crippen LogP contribution is 2.29. The van der Waals surface area contributed by atoms with Crippen molar-refractivity contribution < 1.29 is 27.8 Å². The Kier molecular flexibility index (Phi) is 4.65. The molecule has 5 nitrogen and oxygen atoms in total. The van der Waals surface area contributed by atoms with E-state index in [-0.39, 0.29) is 18.2 Å². The van der Waals surface area contributed by atoms with Crippen molar-refractivity contribution in [2.24, 2.45) is 0 Å². The third-order valence-corrected chi connectivity index (χ3v) is 3.89. The van der Waals surface area contributed by atoms with E-state index in [1.54, 1.807) is 18.2 Å². The Balaban J connectivity index is 1.61. The second-order valence-corrected chi connectivity index (χ2v) is 5.59. The molecule has 7 heteroatoms. The van der Waals surface area contributed by atoms with Crippen LogP contribution in [-0.4, -0.2) is 31.6 Å². The minimum Gasteiger partial charge on any atom is -0.488 e. The number of nitrogens with one attached hydrogen (secondary N) is 1. The summed E-state index contributed by atoms with van der Waals surface area (Å²) in [7, 11) is 1.30. The molecule has 0 bridgehead atoms. The Labute approximate surface area is 142 Å². The van der Waals surface area contributed by atoms with Gasteiger partial charge in [-0.3, -0.25) is 4.79 Å². The number of methoxy groups -OCH3 is 1. The lowest BCUT2D eigenvalue weighted by Crippen LogP contribution is -2.34. The Hall–Kier alpha value is -2.96. The van der Waals surface area contributed by atoms with Crippen LogP contribution >= 0.6 is 0 Å². The lowest BCUT2D eigenvalue weighted by atomic mass is 10.1. The van der Waals surface area contributed by atoms with Gasteiger partial charge in [0.25, 0.3) is 5.91 Å². The monoisotopic (exact) mass is 347 g/mol. The van der Waals surface area contributed by atoms with Crippen molar-refractivity contribution in [2.45, 2.75) is 12.5 Å².